The highest BCUT2D eigenvalue weighted by atomic mass is 16.4. The highest BCUT2D eigenvalue weighted by Crippen LogP contribution is 2.06. The van der Waals surface area contributed by atoms with Crippen molar-refractivity contribution in [3.63, 3.8) is 0 Å². The van der Waals surface area contributed by atoms with Gasteiger partial charge in [-0.05, 0) is 24.0 Å². The molecule has 6 heteroatoms. The second-order valence-electron chi connectivity index (χ2n) is 5.47. The number of hydrogen-bond acceptors (Lipinski definition) is 3. The number of carboxylic acid groups (broad SMARTS) is 1. The van der Waals surface area contributed by atoms with E-state index in [9.17, 15) is 9.59 Å². The Kier molecular flexibility index (Phi) is 5.91. The number of amides is 1. The molecule has 0 aliphatic rings. The van der Waals surface area contributed by atoms with E-state index in [1.165, 1.54) is 4.90 Å². The first-order valence-electron chi connectivity index (χ1n) is 7.55. The molecule has 122 valence electrons. The van der Waals surface area contributed by atoms with Crippen LogP contribution in [-0.2, 0) is 29.5 Å². The SMILES string of the molecule is Cn1cc(CCC(=O)N(CCc2ccccc2)CC(=O)O)cn1. The molecule has 0 aliphatic carbocycles. The van der Waals surface area contributed by atoms with Crippen LogP contribution < -0.4 is 0 Å². The Morgan fingerprint density at radius 1 is 1.17 bits per heavy atom. The zero-order valence-corrected chi connectivity index (χ0v) is 13.2. The Morgan fingerprint density at radius 2 is 1.91 bits per heavy atom. The maximum atomic E-state index is 12.3. The molecule has 0 saturated heterocycles. The molecule has 1 N–H and O–H groups in total. The van der Waals surface area contributed by atoms with Crippen LogP contribution in [0.5, 0.6) is 0 Å². The molecule has 0 aliphatic heterocycles. The quantitative estimate of drug-likeness (QED) is 0.801. The first-order valence-corrected chi connectivity index (χ1v) is 7.55. The van der Waals surface area contributed by atoms with Crippen LogP contribution in [0, 0.1) is 0 Å². The Balaban J connectivity index is 1.90. The van der Waals surface area contributed by atoms with Crippen LogP contribution in [0.15, 0.2) is 42.7 Å². The van der Waals surface area contributed by atoms with E-state index in [2.05, 4.69) is 5.10 Å². The van der Waals surface area contributed by atoms with E-state index in [4.69, 9.17) is 5.11 Å². The van der Waals surface area contributed by atoms with E-state index in [1.807, 2.05) is 43.6 Å². The summed E-state index contributed by atoms with van der Waals surface area (Å²) in [5.41, 5.74) is 2.06. The lowest BCUT2D eigenvalue weighted by Crippen LogP contribution is -2.37. The summed E-state index contributed by atoms with van der Waals surface area (Å²) in [7, 11) is 1.82. The van der Waals surface area contributed by atoms with Gasteiger partial charge < -0.3 is 10.0 Å². The van der Waals surface area contributed by atoms with Crippen molar-refractivity contribution in [1.82, 2.24) is 14.7 Å². The fourth-order valence-corrected chi connectivity index (χ4v) is 2.37. The van der Waals surface area contributed by atoms with Crippen LogP contribution in [0.3, 0.4) is 0 Å². The minimum Gasteiger partial charge on any atom is -0.480 e. The minimum atomic E-state index is -0.993. The van der Waals surface area contributed by atoms with E-state index in [-0.39, 0.29) is 18.9 Å². The number of aromatic nitrogens is 2. The van der Waals surface area contributed by atoms with Gasteiger partial charge in [-0.2, -0.15) is 5.10 Å². The highest BCUT2D eigenvalue weighted by molar-refractivity contribution is 5.81. The lowest BCUT2D eigenvalue weighted by atomic mass is 10.1. The van der Waals surface area contributed by atoms with Gasteiger partial charge in [-0.15, -0.1) is 0 Å². The molecule has 1 aromatic heterocycles. The average Bonchev–Trinajstić information content (AvgIpc) is 2.95. The molecule has 0 spiro atoms. The fraction of sp³-hybridized carbons (Fsp3) is 0.353. The van der Waals surface area contributed by atoms with E-state index < -0.39 is 5.97 Å². The number of carbonyl (C=O) groups excluding carboxylic acids is 1. The molecule has 1 amide bonds. The second kappa shape index (κ2) is 8.12. The van der Waals surface area contributed by atoms with Gasteiger partial charge in [-0.3, -0.25) is 14.3 Å². The summed E-state index contributed by atoms with van der Waals surface area (Å²) in [4.78, 5) is 24.7. The van der Waals surface area contributed by atoms with Crippen LogP contribution >= 0.6 is 0 Å². The van der Waals surface area contributed by atoms with Crippen LogP contribution in [-0.4, -0.2) is 44.8 Å². The molecular weight excluding hydrogens is 294 g/mol. The molecule has 6 nitrogen and oxygen atoms in total. The van der Waals surface area contributed by atoms with Crippen molar-refractivity contribution in [2.24, 2.45) is 7.05 Å². The van der Waals surface area contributed by atoms with Crippen molar-refractivity contribution in [2.45, 2.75) is 19.3 Å². The number of hydrogen-bond donors (Lipinski definition) is 1. The molecular formula is C17H21N3O3. The van der Waals surface area contributed by atoms with Gasteiger partial charge in [0.05, 0.1) is 6.20 Å². The van der Waals surface area contributed by atoms with E-state index in [0.717, 1.165) is 11.1 Å². The summed E-state index contributed by atoms with van der Waals surface area (Å²) in [6.45, 7) is 0.140. The fourth-order valence-electron chi connectivity index (χ4n) is 2.37. The summed E-state index contributed by atoms with van der Waals surface area (Å²) in [6, 6.07) is 9.73. The number of carbonyl (C=O) groups is 2. The van der Waals surface area contributed by atoms with Gasteiger partial charge >= 0.3 is 5.97 Å². The molecule has 0 unspecified atom stereocenters. The number of carboxylic acids is 1. The Morgan fingerprint density at radius 3 is 2.52 bits per heavy atom. The minimum absolute atomic E-state index is 0.146. The van der Waals surface area contributed by atoms with Crippen LogP contribution in [0.1, 0.15) is 17.5 Å². The molecule has 23 heavy (non-hydrogen) atoms. The molecule has 2 aromatic rings. The number of nitrogens with zero attached hydrogens (tertiary/aromatic N) is 3. The van der Waals surface area contributed by atoms with Crippen molar-refractivity contribution in [3.8, 4) is 0 Å². The molecule has 0 fully saturated rings. The largest absolute Gasteiger partial charge is 0.480 e. The average molecular weight is 315 g/mol. The predicted molar refractivity (Wildman–Crippen MR) is 85.9 cm³/mol. The third kappa shape index (κ3) is 5.58. The van der Waals surface area contributed by atoms with Gasteiger partial charge in [-0.1, -0.05) is 30.3 Å². The molecule has 2 rings (SSSR count). The summed E-state index contributed by atoms with van der Waals surface area (Å²) in [6.07, 6.45) is 5.08. The Labute approximate surface area is 135 Å². The van der Waals surface area contributed by atoms with Gasteiger partial charge in [0.25, 0.3) is 0 Å². The van der Waals surface area contributed by atoms with Crippen molar-refractivity contribution < 1.29 is 14.7 Å². The standard InChI is InChI=1S/C17H21N3O3/c1-19-12-15(11-18-19)7-8-16(21)20(13-17(22)23)10-9-14-5-3-2-4-6-14/h2-6,11-12H,7-10,13H2,1H3,(H,22,23). The number of rotatable bonds is 8. The number of benzene rings is 1. The second-order valence-corrected chi connectivity index (χ2v) is 5.47. The van der Waals surface area contributed by atoms with Gasteiger partial charge in [0.1, 0.15) is 6.54 Å². The molecule has 0 radical (unpaired) electrons. The molecule has 0 atom stereocenters. The predicted octanol–water partition coefficient (Wildman–Crippen LogP) is 1.51. The molecule has 0 saturated carbocycles. The topological polar surface area (TPSA) is 75.4 Å². The summed E-state index contributed by atoms with van der Waals surface area (Å²) < 4.78 is 1.68. The normalized spacial score (nSPS) is 10.5. The van der Waals surface area contributed by atoms with Crippen molar-refractivity contribution in [2.75, 3.05) is 13.1 Å². The summed E-state index contributed by atoms with van der Waals surface area (Å²) in [5, 5.41) is 13.1. The van der Waals surface area contributed by atoms with Crippen LogP contribution in [0.4, 0.5) is 0 Å². The first-order chi connectivity index (χ1) is 11.0. The van der Waals surface area contributed by atoms with Gasteiger partial charge in [-0.25, -0.2) is 0 Å². The zero-order valence-electron chi connectivity index (χ0n) is 13.2. The first kappa shape index (κ1) is 16.7. The van der Waals surface area contributed by atoms with Crippen molar-refractivity contribution >= 4 is 11.9 Å². The Hall–Kier alpha value is -2.63. The van der Waals surface area contributed by atoms with E-state index in [0.29, 0.717) is 19.4 Å². The summed E-state index contributed by atoms with van der Waals surface area (Å²) in [5.74, 6) is -1.14. The van der Waals surface area contributed by atoms with Gasteiger partial charge in [0.15, 0.2) is 0 Å². The lowest BCUT2D eigenvalue weighted by Gasteiger charge is -2.20. The molecule has 1 heterocycles. The smallest absolute Gasteiger partial charge is 0.323 e. The zero-order chi connectivity index (χ0) is 16.7. The number of aryl methyl sites for hydroxylation is 2. The maximum Gasteiger partial charge on any atom is 0.323 e. The maximum absolute atomic E-state index is 12.3. The number of aliphatic carboxylic acids is 1. The van der Waals surface area contributed by atoms with Crippen molar-refractivity contribution in [3.05, 3.63) is 53.9 Å². The third-order valence-electron chi connectivity index (χ3n) is 3.58. The highest BCUT2D eigenvalue weighted by Gasteiger charge is 2.16. The van der Waals surface area contributed by atoms with Crippen molar-refractivity contribution in [1.29, 1.82) is 0 Å². The molecule has 0 bridgehead atoms. The van der Waals surface area contributed by atoms with Gasteiger partial charge in [0, 0.05) is 26.2 Å². The molecule has 1 aromatic carbocycles. The third-order valence-corrected chi connectivity index (χ3v) is 3.58. The Bertz CT molecular complexity index is 652. The van der Waals surface area contributed by atoms with Gasteiger partial charge in [0.2, 0.25) is 5.91 Å². The van der Waals surface area contributed by atoms with Crippen LogP contribution in [0.2, 0.25) is 0 Å². The van der Waals surface area contributed by atoms with E-state index in [1.54, 1.807) is 10.9 Å². The van der Waals surface area contributed by atoms with E-state index >= 15 is 0 Å². The monoisotopic (exact) mass is 315 g/mol. The lowest BCUT2D eigenvalue weighted by molar-refractivity contribution is -0.144. The van der Waals surface area contributed by atoms with Crippen LogP contribution in [0.25, 0.3) is 0 Å². The summed E-state index contributed by atoms with van der Waals surface area (Å²) >= 11 is 0.